The molecular weight excluding hydrogens is 280 g/mol. The first-order valence-corrected chi connectivity index (χ1v) is 7.28. The first kappa shape index (κ1) is 13.1. The van der Waals surface area contributed by atoms with Crippen LogP contribution >= 0.6 is 0 Å². The van der Waals surface area contributed by atoms with Crippen LogP contribution in [0.2, 0.25) is 0 Å². The number of nitrogens with zero attached hydrogens (tertiary/aromatic N) is 2. The molecule has 1 aromatic carbocycles. The number of fused-ring (bicyclic) bond motifs is 1. The number of carbonyl (C=O) groups excluding carboxylic acids is 1. The average molecular weight is 296 g/mol. The SMILES string of the molecule is O=C(N[C@H]1C[C@@H](O)[C@@H]1n1cccn1)c1cc2ccccc2[nH]1. The van der Waals surface area contributed by atoms with Crippen LogP contribution in [0, 0.1) is 0 Å². The lowest BCUT2D eigenvalue weighted by atomic mass is 9.83. The Morgan fingerprint density at radius 1 is 1.36 bits per heavy atom. The van der Waals surface area contributed by atoms with Crippen molar-refractivity contribution in [2.75, 3.05) is 0 Å². The van der Waals surface area contributed by atoms with Crippen LogP contribution in [0.5, 0.6) is 0 Å². The summed E-state index contributed by atoms with van der Waals surface area (Å²) in [6.07, 6.45) is 3.53. The number of aromatic amines is 1. The standard InChI is InChI=1S/C16H16N4O2/c21-14-9-12(15(14)20-7-3-6-17-20)19-16(22)13-8-10-4-1-2-5-11(10)18-13/h1-8,12,14-15,18,21H,9H2,(H,19,22)/t12-,14+,15+/m0/s1. The molecule has 2 heterocycles. The van der Waals surface area contributed by atoms with Crippen molar-refractivity contribution in [2.24, 2.45) is 0 Å². The number of aliphatic hydroxyl groups is 1. The largest absolute Gasteiger partial charge is 0.391 e. The van der Waals surface area contributed by atoms with E-state index in [-0.39, 0.29) is 18.0 Å². The summed E-state index contributed by atoms with van der Waals surface area (Å²) in [6.45, 7) is 0. The molecule has 112 valence electrons. The number of nitrogens with one attached hydrogen (secondary N) is 2. The van der Waals surface area contributed by atoms with E-state index >= 15 is 0 Å². The Kier molecular flexibility index (Phi) is 2.97. The molecule has 1 amide bonds. The maximum Gasteiger partial charge on any atom is 0.268 e. The van der Waals surface area contributed by atoms with Crippen molar-refractivity contribution in [3.05, 3.63) is 54.5 Å². The van der Waals surface area contributed by atoms with E-state index in [0.29, 0.717) is 12.1 Å². The maximum absolute atomic E-state index is 12.4. The van der Waals surface area contributed by atoms with Crippen LogP contribution in [-0.2, 0) is 0 Å². The number of aromatic nitrogens is 3. The normalized spacial score (nSPS) is 24.1. The molecule has 1 aliphatic carbocycles. The second kappa shape index (κ2) is 4.99. The summed E-state index contributed by atoms with van der Waals surface area (Å²) < 4.78 is 1.70. The topological polar surface area (TPSA) is 82.9 Å². The number of benzene rings is 1. The van der Waals surface area contributed by atoms with Gasteiger partial charge in [0.15, 0.2) is 0 Å². The van der Waals surface area contributed by atoms with Gasteiger partial charge in [-0.05, 0) is 24.6 Å². The van der Waals surface area contributed by atoms with Crippen LogP contribution in [0.4, 0.5) is 0 Å². The van der Waals surface area contributed by atoms with E-state index in [4.69, 9.17) is 0 Å². The lowest BCUT2D eigenvalue weighted by Gasteiger charge is -2.41. The number of H-pyrrole nitrogens is 1. The number of aliphatic hydroxyl groups excluding tert-OH is 1. The van der Waals surface area contributed by atoms with Gasteiger partial charge < -0.3 is 15.4 Å². The Balaban J connectivity index is 1.52. The molecule has 0 spiro atoms. The predicted molar refractivity (Wildman–Crippen MR) is 81.4 cm³/mol. The van der Waals surface area contributed by atoms with Gasteiger partial charge in [-0.15, -0.1) is 0 Å². The molecule has 3 aromatic rings. The molecular formula is C16H16N4O2. The molecule has 1 fully saturated rings. The lowest BCUT2D eigenvalue weighted by molar-refractivity contribution is -0.00594. The molecule has 3 atom stereocenters. The number of para-hydroxylation sites is 1. The van der Waals surface area contributed by atoms with Gasteiger partial charge in [0.05, 0.1) is 18.2 Å². The van der Waals surface area contributed by atoms with E-state index < -0.39 is 6.10 Å². The average Bonchev–Trinajstić information content (AvgIpc) is 3.15. The van der Waals surface area contributed by atoms with Crippen LogP contribution in [-0.4, -0.2) is 37.9 Å². The van der Waals surface area contributed by atoms with Gasteiger partial charge in [-0.2, -0.15) is 5.10 Å². The number of carbonyl (C=O) groups is 1. The Hall–Kier alpha value is -2.60. The van der Waals surface area contributed by atoms with Crippen molar-refractivity contribution >= 4 is 16.8 Å². The Labute approximate surface area is 126 Å². The molecule has 0 saturated heterocycles. The van der Waals surface area contributed by atoms with Gasteiger partial charge in [0, 0.05) is 23.3 Å². The molecule has 4 rings (SSSR count). The zero-order valence-corrected chi connectivity index (χ0v) is 11.8. The smallest absolute Gasteiger partial charge is 0.268 e. The van der Waals surface area contributed by atoms with Crippen molar-refractivity contribution in [1.82, 2.24) is 20.1 Å². The van der Waals surface area contributed by atoms with Crippen molar-refractivity contribution in [3.63, 3.8) is 0 Å². The number of hydrogen-bond acceptors (Lipinski definition) is 3. The highest BCUT2D eigenvalue weighted by Crippen LogP contribution is 2.32. The second-order valence-corrected chi connectivity index (χ2v) is 5.63. The van der Waals surface area contributed by atoms with Crippen molar-refractivity contribution < 1.29 is 9.90 Å². The molecule has 22 heavy (non-hydrogen) atoms. The van der Waals surface area contributed by atoms with Gasteiger partial charge in [-0.25, -0.2) is 0 Å². The van der Waals surface area contributed by atoms with Crippen LogP contribution < -0.4 is 5.32 Å². The Morgan fingerprint density at radius 3 is 2.95 bits per heavy atom. The summed E-state index contributed by atoms with van der Waals surface area (Å²) in [6, 6.07) is 11.1. The van der Waals surface area contributed by atoms with E-state index in [9.17, 15) is 9.90 Å². The molecule has 6 nitrogen and oxygen atoms in total. The quantitative estimate of drug-likeness (QED) is 0.684. The fourth-order valence-electron chi connectivity index (χ4n) is 3.02. The monoisotopic (exact) mass is 296 g/mol. The zero-order chi connectivity index (χ0) is 15.1. The van der Waals surface area contributed by atoms with Gasteiger partial charge in [0.1, 0.15) is 5.69 Å². The highest BCUT2D eigenvalue weighted by atomic mass is 16.3. The highest BCUT2D eigenvalue weighted by molar-refractivity contribution is 5.98. The van der Waals surface area contributed by atoms with E-state index in [2.05, 4.69) is 15.4 Å². The summed E-state index contributed by atoms with van der Waals surface area (Å²) in [4.78, 5) is 15.5. The molecule has 1 aliphatic rings. The molecule has 3 N–H and O–H groups in total. The molecule has 0 bridgehead atoms. The summed E-state index contributed by atoms with van der Waals surface area (Å²) in [5.41, 5.74) is 1.46. The maximum atomic E-state index is 12.4. The number of rotatable bonds is 3. The number of hydrogen-bond donors (Lipinski definition) is 3. The van der Waals surface area contributed by atoms with Crippen LogP contribution in [0.3, 0.4) is 0 Å². The van der Waals surface area contributed by atoms with Crippen LogP contribution in [0.25, 0.3) is 10.9 Å². The molecule has 0 radical (unpaired) electrons. The minimum absolute atomic E-state index is 0.117. The summed E-state index contributed by atoms with van der Waals surface area (Å²) >= 11 is 0. The lowest BCUT2D eigenvalue weighted by Crippen LogP contribution is -2.56. The van der Waals surface area contributed by atoms with Crippen molar-refractivity contribution in [3.8, 4) is 0 Å². The Bertz CT molecular complexity index is 776. The summed E-state index contributed by atoms with van der Waals surface area (Å²) in [5, 5.41) is 18.1. The van der Waals surface area contributed by atoms with Gasteiger partial charge in [0.25, 0.3) is 5.91 Å². The van der Waals surface area contributed by atoms with Gasteiger partial charge in [0.2, 0.25) is 0 Å². The molecule has 0 unspecified atom stereocenters. The highest BCUT2D eigenvalue weighted by Gasteiger charge is 2.42. The number of amides is 1. The third-order valence-electron chi connectivity index (χ3n) is 4.22. The fourth-order valence-corrected chi connectivity index (χ4v) is 3.02. The zero-order valence-electron chi connectivity index (χ0n) is 11.8. The van der Waals surface area contributed by atoms with E-state index in [0.717, 1.165) is 10.9 Å². The Morgan fingerprint density at radius 2 is 2.23 bits per heavy atom. The molecule has 6 heteroatoms. The second-order valence-electron chi connectivity index (χ2n) is 5.63. The molecule has 1 saturated carbocycles. The van der Waals surface area contributed by atoms with Crippen molar-refractivity contribution in [2.45, 2.75) is 24.6 Å². The van der Waals surface area contributed by atoms with Crippen LogP contribution in [0.15, 0.2) is 48.8 Å². The van der Waals surface area contributed by atoms with Crippen molar-refractivity contribution in [1.29, 1.82) is 0 Å². The fraction of sp³-hybridized carbons (Fsp3) is 0.250. The van der Waals surface area contributed by atoms with Gasteiger partial charge in [-0.3, -0.25) is 9.48 Å². The van der Waals surface area contributed by atoms with E-state index in [1.807, 2.05) is 36.4 Å². The molecule has 0 aliphatic heterocycles. The summed E-state index contributed by atoms with van der Waals surface area (Å²) in [5.74, 6) is -0.162. The first-order chi connectivity index (χ1) is 10.7. The minimum atomic E-state index is -0.479. The molecule has 2 aromatic heterocycles. The third-order valence-corrected chi connectivity index (χ3v) is 4.22. The van der Waals surface area contributed by atoms with Gasteiger partial charge in [-0.1, -0.05) is 18.2 Å². The third kappa shape index (κ3) is 2.08. The van der Waals surface area contributed by atoms with E-state index in [1.165, 1.54) is 0 Å². The van der Waals surface area contributed by atoms with Gasteiger partial charge >= 0.3 is 0 Å². The van der Waals surface area contributed by atoms with E-state index in [1.54, 1.807) is 17.1 Å². The predicted octanol–water partition coefficient (Wildman–Crippen LogP) is 1.47. The van der Waals surface area contributed by atoms with Crippen LogP contribution in [0.1, 0.15) is 23.0 Å². The summed E-state index contributed by atoms with van der Waals surface area (Å²) in [7, 11) is 0. The minimum Gasteiger partial charge on any atom is -0.391 e. The first-order valence-electron chi connectivity index (χ1n) is 7.28.